The molecule has 1 saturated heterocycles. The van der Waals surface area contributed by atoms with E-state index in [4.69, 9.17) is 4.74 Å². The molecule has 0 bridgehead atoms. The molecule has 0 aromatic heterocycles. The molecule has 0 aromatic carbocycles. The minimum atomic E-state index is -0.00611. The van der Waals surface area contributed by atoms with Gasteiger partial charge in [0.1, 0.15) is 5.92 Å². The van der Waals surface area contributed by atoms with Gasteiger partial charge in [-0.15, -0.1) is 0 Å². The Morgan fingerprint density at radius 3 is 2.64 bits per heavy atom. The molecule has 1 atom stereocenters. The summed E-state index contributed by atoms with van der Waals surface area (Å²) in [6.45, 7) is 4.47. The molecule has 1 fully saturated rings. The number of nitrogens with zero attached hydrogens (tertiary/aromatic N) is 1. The first-order valence-electron chi connectivity index (χ1n) is 5.04. The molecule has 1 heterocycles. The molecule has 0 spiro atoms. The van der Waals surface area contributed by atoms with Crippen LogP contribution in [0.3, 0.4) is 0 Å². The van der Waals surface area contributed by atoms with Crippen LogP contribution in [-0.2, 0) is 9.53 Å². The van der Waals surface area contributed by atoms with Crippen molar-refractivity contribution >= 4 is 5.97 Å². The molecule has 1 rings (SSSR count). The number of rotatable bonds is 2. The van der Waals surface area contributed by atoms with Crippen molar-refractivity contribution in [3.63, 3.8) is 0 Å². The topological polar surface area (TPSA) is 26.3 Å². The molecule has 1 aliphatic rings. The summed E-state index contributed by atoms with van der Waals surface area (Å²) in [5.74, 6) is 0.122. The van der Waals surface area contributed by atoms with Gasteiger partial charge in [0.15, 0.2) is 0 Å². The lowest BCUT2D eigenvalue weighted by Crippen LogP contribution is -3.00. The lowest BCUT2D eigenvalue weighted by atomic mass is 9.97. The number of esters is 1. The number of quaternary nitrogens is 1. The third kappa shape index (κ3) is 4.13. The number of likely N-dealkylation sites (tertiary alicyclic amines) is 1. The molecular formula is C10H20INO2. The van der Waals surface area contributed by atoms with E-state index in [1.165, 1.54) is 6.54 Å². The quantitative estimate of drug-likeness (QED) is 0.336. The highest BCUT2D eigenvalue weighted by Gasteiger charge is 2.32. The van der Waals surface area contributed by atoms with Gasteiger partial charge in [-0.1, -0.05) is 0 Å². The van der Waals surface area contributed by atoms with Gasteiger partial charge in [0, 0.05) is 0 Å². The molecule has 0 amide bonds. The Balaban J connectivity index is 0.00000169. The normalized spacial score (nSPS) is 24.9. The van der Waals surface area contributed by atoms with E-state index in [0.717, 1.165) is 23.9 Å². The predicted molar refractivity (Wildman–Crippen MR) is 51.2 cm³/mol. The van der Waals surface area contributed by atoms with Crippen LogP contribution in [0.2, 0.25) is 0 Å². The van der Waals surface area contributed by atoms with Crippen LogP contribution in [0.25, 0.3) is 0 Å². The van der Waals surface area contributed by atoms with Crippen LogP contribution >= 0.6 is 0 Å². The molecule has 14 heavy (non-hydrogen) atoms. The Labute approximate surface area is 103 Å². The summed E-state index contributed by atoms with van der Waals surface area (Å²) < 4.78 is 5.97. The lowest BCUT2D eigenvalue weighted by molar-refractivity contribution is -0.897. The zero-order valence-electron chi connectivity index (χ0n) is 9.25. The van der Waals surface area contributed by atoms with Crippen molar-refractivity contribution in [2.45, 2.75) is 19.8 Å². The molecule has 0 saturated carbocycles. The highest BCUT2D eigenvalue weighted by atomic mass is 127. The Hall–Kier alpha value is 0.160. The minimum absolute atomic E-state index is 0. The van der Waals surface area contributed by atoms with Crippen molar-refractivity contribution in [1.82, 2.24) is 0 Å². The fourth-order valence-corrected chi connectivity index (χ4v) is 2.00. The summed E-state index contributed by atoms with van der Waals surface area (Å²) in [5, 5.41) is 0. The summed E-state index contributed by atoms with van der Waals surface area (Å²) in [5.41, 5.74) is 0. The fraction of sp³-hybridized carbons (Fsp3) is 0.900. The molecule has 1 aliphatic heterocycles. The van der Waals surface area contributed by atoms with Crippen LogP contribution in [0.15, 0.2) is 0 Å². The highest BCUT2D eigenvalue weighted by molar-refractivity contribution is 5.72. The number of piperidine rings is 1. The average molecular weight is 313 g/mol. The summed E-state index contributed by atoms with van der Waals surface area (Å²) in [4.78, 5) is 11.5. The molecule has 3 nitrogen and oxygen atoms in total. The van der Waals surface area contributed by atoms with E-state index in [2.05, 4.69) is 14.1 Å². The third-order valence-corrected chi connectivity index (χ3v) is 2.65. The maximum atomic E-state index is 11.5. The molecular weight excluding hydrogens is 293 g/mol. The van der Waals surface area contributed by atoms with Gasteiger partial charge in [0.25, 0.3) is 0 Å². The van der Waals surface area contributed by atoms with Crippen LogP contribution < -0.4 is 24.0 Å². The second-order valence-corrected chi connectivity index (χ2v) is 4.43. The van der Waals surface area contributed by atoms with Gasteiger partial charge in [-0.2, -0.15) is 0 Å². The van der Waals surface area contributed by atoms with Crippen LogP contribution in [0.5, 0.6) is 0 Å². The Morgan fingerprint density at radius 2 is 2.14 bits per heavy atom. The molecule has 84 valence electrons. The summed E-state index contributed by atoms with van der Waals surface area (Å²) in [6, 6.07) is 0. The van der Waals surface area contributed by atoms with Crippen molar-refractivity contribution in [3.05, 3.63) is 0 Å². The zero-order chi connectivity index (χ0) is 9.90. The maximum Gasteiger partial charge on any atom is 0.314 e. The molecule has 4 heteroatoms. The van der Waals surface area contributed by atoms with Crippen molar-refractivity contribution in [2.24, 2.45) is 5.92 Å². The van der Waals surface area contributed by atoms with Crippen LogP contribution in [-0.4, -0.2) is 44.2 Å². The van der Waals surface area contributed by atoms with Gasteiger partial charge in [-0.05, 0) is 19.8 Å². The van der Waals surface area contributed by atoms with Gasteiger partial charge in [-0.25, -0.2) is 0 Å². The Bertz CT molecular complexity index is 195. The minimum Gasteiger partial charge on any atom is -1.00 e. The first-order valence-corrected chi connectivity index (χ1v) is 5.04. The molecule has 0 aliphatic carbocycles. The van der Waals surface area contributed by atoms with E-state index in [-0.39, 0.29) is 35.9 Å². The van der Waals surface area contributed by atoms with E-state index in [0.29, 0.717) is 6.61 Å². The maximum absolute atomic E-state index is 11.5. The van der Waals surface area contributed by atoms with Crippen molar-refractivity contribution in [3.8, 4) is 0 Å². The van der Waals surface area contributed by atoms with Gasteiger partial charge in [0.2, 0.25) is 0 Å². The molecule has 0 aromatic rings. The van der Waals surface area contributed by atoms with Gasteiger partial charge < -0.3 is 33.2 Å². The summed E-state index contributed by atoms with van der Waals surface area (Å²) in [6.07, 6.45) is 2.14. The zero-order valence-corrected chi connectivity index (χ0v) is 11.4. The number of carbonyl (C=O) groups is 1. The lowest BCUT2D eigenvalue weighted by Gasteiger charge is -2.36. The molecule has 0 radical (unpaired) electrons. The van der Waals surface area contributed by atoms with E-state index in [1.807, 2.05) is 6.92 Å². The summed E-state index contributed by atoms with van der Waals surface area (Å²) >= 11 is 0. The van der Waals surface area contributed by atoms with Crippen LogP contribution in [0.1, 0.15) is 19.8 Å². The summed E-state index contributed by atoms with van der Waals surface area (Å²) in [7, 11) is 4.34. The Kier molecular flexibility index (Phi) is 5.97. The van der Waals surface area contributed by atoms with Gasteiger partial charge in [0.05, 0.1) is 33.8 Å². The fourth-order valence-electron chi connectivity index (χ4n) is 2.00. The molecule has 1 unspecified atom stereocenters. The van der Waals surface area contributed by atoms with Gasteiger partial charge in [-0.3, -0.25) is 4.79 Å². The highest BCUT2D eigenvalue weighted by Crippen LogP contribution is 2.20. The van der Waals surface area contributed by atoms with E-state index >= 15 is 0 Å². The third-order valence-electron chi connectivity index (χ3n) is 2.65. The second-order valence-electron chi connectivity index (χ2n) is 4.43. The first-order chi connectivity index (χ1) is 6.05. The Morgan fingerprint density at radius 1 is 1.50 bits per heavy atom. The van der Waals surface area contributed by atoms with Crippen molar-refractivity contribution in [1.29, 1.82) is 0 Å². The molecule has 0 N–H and O–H groups in total. The largest absolute Gasteiger partial charge is 1.00 e. The van der Waals surface area contributed by atoms with E-state index in [1.54, 1.807) is 0 Å². The SMILES string of the molecule is CCOC(=O)C1CCC[N+](C)(C)C1.[I-]. The predicted octanol–water partition coefficient (Wildman–Crippen LogP) is -1.96. The monoisotopic (exact) mass is 313 g/mol. The van der Waals surface area contributed by atoms with E-state index < -0.39 is 0 Å². The smallest absolute Gasteiger partial charge is 0.314 e. The van der Waals surface area contributed by atoms with Crippen LogP contribution in [0.4, 0.5) is 0 Å². The average Bonchev–Trinajstić information content (AvgIpc) is 2.03. The number of carbonyl (C=O) groups excluding carboxylic acids is 1. The van der Waals surface area contributed by atoms with Crippen LogP contribution in [0, 0.1) is 5.92 Å². The number of hydrogen-bond donors (Lipinski definition) is 0. The standard InChI is InChI=1S/C10H20NO2.HI/c1-4-13-10(12)9-6-5-7-11(2,3)8-9;/h9H,4-8H2,1-3H3;1H/q+1;/p-1. The first kappa shape index (κ1) is 14.2. The van der Waals surface area contributed by atoms with Crippen molar-refractivity contribution in [2.75, 3.05) is 33.8 Å². The number of halogens is 1. The second kappa shape index (κ2) is 5.90. The van der Waals surface area contributed by atoms with Crippen molar-refractivity contribution < 1.29 is 38.0 Å². The number of ether oxygens (including phenoxy) is 1. The van der Waals surface area contributed by atoms with Gasteiger partial charge >= 0.3 is 5.97 Å². The number of hydrogen-bond acceptors (Lipinski definition) is 2. The van der Waals surface area contributed by atoms with E-state index in [9.17, 15) is 4.79 Å².